The van der Waals surface area contributed by atoms with E-state index in [2.05, 4.69) is 5.32 Å². The molecule has 38 heavy (non-hydrogen) atoms. The van der Waals surface area contributed by atoms with Gasteiger partial charge in [-0.1, -0.05) is 12.1 Å². The number of hydrogen-bond donors (Lipinski definition) is 3. The van der Waals surface area contributed by atoms with E-state index in [1.165, 1.54) is 6.07 Å². The van der Waals surface area contributed by atoms with E-state index in [1.807, 2.05) is 20.8 Å². The summed E-state index contributed by atoms with van der Waals surface area (Å²) in [4.78, 5) is 41.4. The van der Waals surface area contributed by atoms with E-state index in [1.54, 1.807) is 70.5 Å². The minimum atomic E-state index is -0.567. The summed E-state index contributed by atoms with van der Waals surface area (Å²) in [7, 11) is 0. The molecule has 0 unspecified atom stereocenters. The van der Waals surface area contributed by atoms with E-state index in [0.29, 0.717) is 54.2 Å². The van der Waals surface area contributed by atoms with Gasteiger partial charge in [0.2, 0.25) is 0 Å². The number of benzene rings is 3. The fourth-order valence-electron chi connectivity index (χ4n) is 4.09. The Morgan fingerprint density at radius 3 is 2.03 bits per heavy atom. The summed E-state index contributed by atoms with van der Waals surface area (Å²) in [6, 6.07) is 18.4. The first-order valence-corrected chi connectivity index (χ1v) is 12.4. The number of ether oxygens (including phenoxy) is 1. The van der Waals surface area contributed by atoms with Gasteiger partial charge in [-0.05, 0) is 86.5 Å². The number of phenolic OH excluding ortho intramolecular Hbond substituents is 1. The molecule has 0 atom stereocenters. The van der Waals surface area contributed by atoms with E-state index < -0.39 is 5.60 Å². The minimum Gasteiger partial charge on any atom is -0.508 e. The van der Waals surface area contributed by atoms with Crippen molar-refractivity contribution in [2.75, 3.05) is 37.2 Å². The van der Waals surface area contributed by atoms with Crippen molar-refractivity contribution in [3.8, 4) is 16.9 Å². The maximum atomic E-state index is 13.0. The molecule has 4 N–H and O–H groups in total. The second kappa shape index (κ2) is 10.8. The minimum absolute atomic E-state index is 0.0482. The second-order valence-corrected chi connectivity index (χ2v) is 10.2. The van der Waals surface area contributed by atoms with Crippen LogP contribution in [0.4, 0.5) is 16.2 Å². The molecule has 1 aliphatic heterocycles. The van der Waals surface area contributed by atoms with Crippen LogP contribution in [0.1, 0.15) is 41.5 Å². The number of carbonyl (C=O) groups excluding carboxylic acids is 3. The average Bonchev–Trinajstić information content (AvgIpc) is 2.88. The SMILES string of the molecule is CC(C)(C)OC(=O)N1CCN(C(=O)c2ccc(-c3cc(O)cc(C(=O)Nc4ccc(N)cc4)c3)cc2)CC1. The molecule has 198 valence electrons. The lowest BCUT2D eigenvalue weighted by Gasteiger charge is -2.35. The molecule has 9 heteroatoms. The van der Waals surface area contributed by atoms with Gasteiger partial charge in [-0.15, -0.1) is 0 Å². The predicted octanol–water partition coefficient (Wildman–Crippen LogP) is 4.59. The van der Waals surface area contributed by atoms with Crippen molar-refractivity contribution < 1.29 is 24.2 Å². The van der Waals surface area contributed by atoms with E-state index >= 15 is 0 Å². The second-order valence-electron chi connectivity index (χ2n) is 10.2. The van der Waals surface area contributed by atoms with Gasteiger partial charge in [-0.3, -0.25) is 9.59 Å². The van der Waals surface area contributed by atoms with Gasteiger partial charge in [0.1, 0.15) is 11.4 Å². The first-order chi connectivity index (χ1) is 18.0. The molecule has 4 rings (SSSR count). The lowest BCUT2D eigenvalue weighted by Crippen LogP contribution is -2.51. The summed E-state index contributed by atoms with van der Waals surface area (Å²) in [6.45, 7) is 7.11. The Labute approximate surface area is 221 Å². The van der Waals surface area contributed by atoms with Crippen molar-refractivity contribution in [1.82, 2.24) is 9.80 Å². The normalized spacial score (nSPS) is 13.7. The third kappa shape index (κ3) is 6.61. The Hall–Kier alpha value is -4.53. The van der Waals surface area contributed by atoms with Gasteiger partial charge in [0.25, 0.3) is 11.8 Å². The predicted molar refractivity (Wildman–Crippen MR) is 146 cm³/mol. The standard InChI is InChI=1S/C29H32N4O5/c1-29(2,3)38-28(37)33-14-12-32(13-15-33)27(36)20-6-4-19(5-7-20)21-16-22(18-25(34)17-21)26(35)31-24-10-8-23(30)9-11-24/h4-11,16-18,34H,12-15,30H2,1-3H3,(H,31,35). The Bertz CT molecular complexity index is 1320. The summed E-state index contributed by atoms with van der Waals surface area (Å²) in [5.74, 6) is -0.544. The molecule has 3 aromatic rings. The molecule has 1 aliphatic rings. The number of piperazine rings is 1. The number of nitrogens with zero attached hydrogens (tertiary/aromatic N) is 2. The molecular formula is C29H32N4O5. The van der Waals surface area contributed by atoms with Gasteiger partial charge in [-0.2, -0.15) is 0 Å². The van der Waals surface area contributed by atoms with Gasteiger partial charge < -0.3 is 30.7 Å². The van der Waals surface area contributed by atoms with Crippen LogP contribution in [0.25, 0.3) is 11.1 Å². The summed E-state index contributed by atoms with van der Waals surface area (Å²) >= 11 is 0. The highest BCUT2D eigenvalue weighted by Gasteiger charge is 2.28. The summed E-state index contributed by atoms with van der Waals surface area (Å²) in [5, 5.41) is 13.0. The molecule has 9 nitrogen and oxygen atoms in total. The number of rotatable bonds is 4. The van der Waals surface area contributed by atoms with Crippen LogP contribution in [0.5, 0.6) is 5.75 Å². The Morgan fingerprint density at radius 1 is 0.816 bits per heavy atom. The number of nitrogen functional groups attached to an aromatic ring is 1. The highest BCUT2D eigenvalue weighted by atomic mass is 16.6. The van der Waals surface area contributed by atoms with Crippen molar-refractivity contribution >= 4 is 29.3 Å². The van der Waals surface area contributed by atoms with Crippen molar-refractivity contribution in [2.45, 2.75) is 26.4 Å². The molecule has 1 heterocycles. The summed E-state index contributed by atoms with van der Waals surface area (Å²) in [5.41, 5.74) is 8.49. The highest BCUT2D eigenvalue weighted by molar-refractivity contribution is 6.05. The molecule has 1 saturated heterocycles. The average molecular weight is 517 g/mol. The first kappa shape index (κ1) is 26.5. The van der Waals surface area contributed by atoms with Crippen molar-refractivity contribution in [3.05, 3.63) is 77.9 Å². The molecule has 1 fully saturated rings. The van der Waals surface area contributed by atoms with E-state index in [9.17, 15) is 19.5 Å². The zero-order valence-corrected chi connectivity index (χ0v) is 21.7. The molecular weight excluding hydrogens is 484 g/mol. The number of nitrogens with one attached hydrogen (secondary N) is 1. The lowest BCUT2D eigenvalue weighted by atomic mass is 10.0. The van der Waals surface area contributed by atoms with E-state index in [-0.39, 0.29) is 23.7 Å². The largest absolute Gasteiger partial charge is 0.508 e. The number of amides is 3. The third-order valence-corrected chi connectivity index (χ3v) is 6.03. The Morgan fingerprint density at radius 2 is 1.42 bits per heavy atom. The molecule has 0 saturated carbocycles. The maximum absolute atomic E-state index is 13.0. The number of phenols is 1. The van der Waals surface area contributed by atoms with Crippen LogP contribution >= 0.6 is 0 Å². The monoisotopic (exact) mass is 516 g/mol. The zero-order chi connectivity index (χ0) is 27.4. The number of anilines is 2. The Kier molecular flexibility index (Phi) is 7.57. The Balaban J connectivity index is 1.41. The van der Waals surface area contributed by atoms with Crippen LogP contribution in [-0.2, 0) is 4.74 Å². The number of carbonyl (C=O) groups is 3. The third-order valence-electron chi connectivity index (χ3n) is 6.03. The lowest BCUT2D eigenvalue weighted by molar-refractivity contribution is 0.0141. The van der Waals surface area contributed by atoms with Crippen LogP contribution in [0, 0.1) is 0 Å². The van der Waals surface area contributed by atoms with Crippen molar-refractivity contribution in [2.24, 2.45) is 0 Å². The van der Waals surface area contributed by atoms with Gasteiger partial charge in [-0.25, -0.2) is 4.79 Å². The number of nitrogens with two attached hydrogens (primary N) is 1. The van der Waals surface area contributed by atoms with Gasteiger partial charge in [0.15, 0.2) is 0 Å². The van der Waals surface area contributed by atoms with Gasteiger partial charge >= 0.3 is 6.09 Å². The molecule has 3 amide bonds. The topological polar surface area (TPSA) is 125 Å². The van der Waals surface area contributed by atoms with Crippen LogP contribution in [0.15, 0.2) is 66.7 Å². The van der Waals surface area contributed by atoms with E-state index in [0.717, 1.165) is 5.56 Å². The van der Waals surface area contributed by atoms with Crippen LogP contribution in [0.2, 0.25) is 0 Å². The molecule has 0 aliphatic carbocycles. The van der Waals surface area contributed by atoms with Gasteiger partial charge in [0.05, 0.1) is 0 Å². The van der Waals surface area contributed by atoms with Crippen molar-refractivity contribution in [1.29, 1.82) is 0 Å². The maximum Gasteiger partial charge on any atom is 0.410 e. The number of aromatic hydroxyl groups is 1. The van der Waals surface area contributed by atoms with Crippen LogP contribution in [0.3, 0.4) is 0 Å². The van der Waals surface area contributed by atoms with Crippen molar-refractivity contribution in [3.63, 3.8) is 0 Å². The highest BCUT2D eigenvalue weighted by Crippen LogP contribution is 2.27. The van der Waals surface area contributed by atoms with Crippen LogP contribution in [-0.4, -0.2) is 64.6 Å². The molecule has 0 radical (unpaired) electrons. The smallest absolute Gasteiger partial charge is 0.410 e. The molecule has 0 bridgehead atoms. The molecule has 3 aromatic carbocycles. The quantitative estimate of drug-likeness (QED) is 0.436. The summed E-state index contributed by atoms with van der Waals surface area (Å²) < 4.78 is 5.41. The van der Waals surface area contributed by atoms with Gasteiger partial charge in [0, 0.05) is 48.7 Å². The number of hydrogen-bond acceptors (Lipinski definition) is 6. The van der Waals surface area contributed by atoms with Crippen LogP contribution < -0.4 is 11.1 Å². The zero-order valence-electron chi connectivity index (χ0n) is 21.7. The molecule has 0 spiro atoms. The fourth-order valence-corrected chi connectivity index (χ4v) is 4.09. The first-order valence-electron chi connectivity index (χ1n) is 12.4. The fraction of sp³-hybridized carbons (Fsp3) is 0.276. The van der Waals surface area contributed by atoms with E-state index in [4.69, 9.17) is 10.5 Å². The molecule has 0 aromatic heterocycles. The summed E-state index contributed by atoms with van der Waals surface area (Å²) in [6.07, 6.45) is -0.374.